The largest absolute Gasteiger partial charge is 0.504 e. The maximum absolute atomic E-state index is 12.5. The predicted molar refractivity (Wildman–Crippen MR) is 97.6 cm³/mol. The Bertz CT molecular complexity index is 1030. The van der Waals surface area contributed by atoms with Crippen molar-refractivity contribution in [2.24, 2.45) is 0 Å². The van der Waals surface area contributed by atoms with Gasteiger partial charge >= 0.3 is 0 Å². The lowest BCUT2D eigenvalue weighted by Crippen LogP contribution is -2.13. The van der Waals surface area contributed by atoms with Gasteiger partial charge in [-0.25, -0.2) is 13.4 Å². The highest BCUT2D eigenvalue weighted by atomic mass is 32.2. The standard InChI is InChI=1S/C19H16N2O4S/c22-17-10-5-11-20-18(17)21-19(23)15-7-4-6-14(12-15)13-26(24,25)16-8-2-1-3-9-16/h1-12,22H,13H2,(H,20,21,23). The van der Waals surface area contributed by atoms with Gasteiger partial charge in [0.05, 0.1) is 10.6 Å². The molecule has 0 unspecified atom stereocenters. The highest BCUT2D eigenvalue weighted by Crippen LogP contribution is 2.20. The van der Waals surface area contributed by atoms with Gasteiger partial charge in [0, 0.05) is 11.8 Å². The van der Waals surface area contributed by atoms with E-state index in [4.69, 9.17) is 0 Å². The average molecular weight is 368 g/mol. The summed E-state index contributed by atoms with van der Waals surface area (Å²) in [6.07, 6.45) is 1.44. The van der Waals surface area contributed by atoms with Crippen molar-refractivity contribution < 1.29 is 18.3 Å². The van der Waals surface area contributed by atoms with Gasteiger partial charge in [0.25, 0.3) is 5.91 Å². The fraction of sp³-hybridized carbons (Fsp3) is 0.0526. The molecule has 1 heterocycles. The molecule has 6 nitrogen and oxygen atoms in total. The van der Waals surface area contributed by atoms with E-state index in [1.54, 1.807) is 42.5 Å². The van der Waals surface area contributed by atoms with Gasteiger partial charge in [-0.3, -0.25) is 4.79 Å². The van der Waals surface area contributed by atoms with Crippen molar-refractivity contribution in [1.29, 1.82) is 0 Å². The zero-order valence-corrected chi connectivity index (χ0v) is 14.5. The van der Waals surface area contributed by atoms with Crippen LogP contribution in [0.15, 0.2) is 77.8 Å². The summed E-state index contributed by atoms with van der Waals surface area (Å²) in [6.45, 7) is 0. The van der Waals surface area contributed by atoms with Crippen LogP contribution in [0.2, 0.25) is 0 Å². The lowest BCUT2D eigenvalue weighted by molar-refractivity contribution is 0.102. The normalized spacial score (nSPS) is 11.1. The summed E-state index contributed by atoms with van der Waals surface area (Å²) in [5.74, 6) is -0.811. The van der Waals surface area contributed by atoms with Gasteiger partial charge in [-0.05, 0) is 42.0 Å². The smallest absolute Gasteiger partial charge is 0.256 e. The SMILES string of the molecule is O=C(Nc1ncccc1O)c1cccc(CS(=O)(=O)c2ccccc2)c1. The molecule has 1 aromatic heterocycles. The maximum atomic E-state index is 12.5. The lowest BCUT2D eigenvalue weighted by atomic mass is 10.1. The number of anilines is 1. The first-order valence-electron chi connectivity index (χ1n) is 7.78. The number of hydrogen-bond donors (Lipinski definition) is 2. The van der Waals surface area contributed by atoms with Crippen molar-refractivity contribution in [2.45, 2.75) is 10.6 Å². The quantitative estimate of drug-likeness (QED) is 0.722. The topological polar surface area (TPSA) is 96.4 Å². The van der Waals surface area contributed by atoms with Crippen molar-refractivity contribution in [3.05, 3.63) is 84.1 Å². The van der Waals surface area contributed by atoms with Crippen LogP contribution in [0, 0.1) is 0 Å². The first-order valence-corrected chi connectivity index (χ1v) is 9.43. The Labute approximate surface area is 151 Å². The number of sulfone groups is 1. The molecule has 132 valence electrons. The molecule has 1 amide bonds. The fourth-order valence-corrected chi connectivity index (χ4v) is 3.76. The van der Waals surface area contributed by atoms with Crippen LogP contribution in [0.5, 0.6) is 5.75 Å². The number of aromatic hydroxyl groups is 1. The second kappa shape index (κ2) is 7.37. The van der Waals surface area contributed by atoms with Crippen molar-refractivity contribution in [3.63, 3.8) is 0 Å². The van der Waals surface area contributed by atoms with Crippen LogP contribution in [0.4, 0.5) is 5.82 Å². The van der Waals surface area contributed by atoms with E-state index in [1.165, 1.54) is 30.5 Å². The number of amides is 1. The molecular weight excluding hydrogens is 352 g/mol. The number of rotatable bonds is 5. The molecule has 0 bridgehead atoms. The minimum Gasteiger partial charge on any atom is -0.504 e. The summed E-state index contributed by atoms with van der Waals surface area (Å²) in [5, 5.41) is 12.2. The molecule has 0 saturated heterocycles. The second-order valence-corrected chi connectivity index (χ2v) is 7.59. The summed E-state index contributed by atoms with van der Waals surface area (Å²) in [7, 11) is -3.51. The van der Waals surface area contributed by atoms with Crippen LogP contribution < -0.4 is 5.32 Å². The Morgan fingerprint density at radius 2 is 1.77 bits per heavy atom. The van der Waals surface area contributed by atoms with E-state index in [0.29, 0.717) is 5.56 Å². The monoisotopic (exact) mass is 368 g/mol. The summed E-state index contributed by atoms with van der Waals surface area (Å²) in [4.78, 5) is 16.5. The van der Waals surface area contributed by atoms with Crippen molar-refractivity contribution >= 4 is 21.6 Å². The summed E-state index contributed by atoms with van der Waals surface area (Å²) in [6, 6.07) is 17.4. The molecule has 0 atom stereocenters. The Morgan fingerprint density at radius 3 is 2.50 bits per heavy atom. The molecule has 2 N–H and O–H groups in total. The molecule has 3 aromatic rings. The molecule has 2 aromatic carbocycles. The summed E-state index contributed by atoms with van der Waals surface area (Å²) in [5.41, 5.74) is 0.766. The van der Waals surface area contributed by atoms with Gasteiger partial charge in [0.2, 0.25) is 0 Å². The average Bonchev–Trinajstić information content (AvgIpc) is 2.64. The van der Waals surface area contributed by atoms with Gasteiger partial charge in [-0.2, -0.15) is 0 Å². The molecule has 0 spiro atoms. The number of carbonyl (C=O) groups is 1. The van der Waals surface area contributed by atoms with E-state index in [0.717, 1.165) is 0 Å². The van der Waals surface area contributed by atoms with Gasteiger partial charge in [-0.1, -0.05) is 30.3 Å². The molecule has 26 heavy (non-hydrogen) atoms. The molecule has 0 aliphatic rings. The van der Waals surface area contributed by atoms with Crippen LogP contribution in [0.3, 0.4) is 0 Å². The van der Waals surface area contributed by atoms with Crippen LogP contribution in [0.1, 0.15) is 15.9 Å². The summed E-state index contributed by atoms with van der Waals surface area (Å²) >= 11 is 0. The van der Waals surface area contributed by atoms with Gasteiger partial charge in [0.15, 0.2) is 21.4 Å². The highest BCUT2D eigenvalue weighted by Gasteiger charge is 2.16. The number of benzene rings is 2. The summed E-state index contributed by atoms with van der Waals surface area (Å²) < 4.78 is 24.9. The number of aromatic nitrogens is 1. The first kappa shape index (κ1) is 17.6. The number of hydrogen-bond acceptors (Lipinski definition) is 5. The van der Waals surface area contributed by atoms with E-state index in [9.17, 15) is 18.3 Å². The van der Waals surface area contributed by atoms with Crippen molar-refractivity contribution in [1.82, 2.24) is 4.98 Å². The number of pyridine rings is 1. The van der Waals surface area contributed by atoms with Gasteiger partial charge in [0.1, 0.15) is 0 Å². The zero-order valence-electron chi connectivity index (χ0n) is 13.7. The third-order valence-electron chi connectivity index (χ3n) is 3.67. The molecule has 0 fully saturated rings. The Hall–Kier alpha value is -3.19. The molecule has 0 aliphatic carbocycles. The highest BCUT2D eigenvalue weighted by molar-refractivity contribution is 7.90. The molecule has 0 saturated carbocycles. The van der Waals surface area contributed by atoms with Gasteiger partial charge < -0.3 is 10.4 Å². The van der Waals surface area contributed by atoms with Crippen LogP contribution >= 0.6 is 0 Å². The lowest BCUT2D eigenvalue weighted by Gasteiger charge is -2.08. The maximum Gasteiger partial charge on any atom is 0.256 e. The van der Waals surface area contributed by atoms with E-state index in [1.807, 2.05) is 0 Å². The van der Waals surface area contributed by atoms with E-state index in [-0.39, 0.29) is 27.8 Å². The Balaban J connectivity index is 1.80. The third kappa shape index (κ3) is 4.07. The fourth-order valence-electron chi connectivity index (χ4n) is 2.41. The molecule has 0 aliphatic heterocycles. The van der Waals surface area contributed by atoms with Gasteiger partial charge in [-0.15, -0.1) is 0 Å². The molecule has 3 rings (SSSR count). The minimum atomic E-state index is -3.51. The molecular formula is C19H16N2O4S. The molecule has 0 radical (unpaired) electrons. The minimum absolute atomic E-state index is 0.0415. The second-order valence-electron chi connectivity index (χ2n) is 5.60. The van der Waals surface area contributed by atoms with Crippen molar-refractivity contribution in [3.8, 4) is 5.75 Å². The Kier molecular flexibility index (Phi) is 4.99. The first-order chi connectivity index (χ1) is 12.5. The van der Waals surface area contributed by atoms with Crippen LogP contribution in [0.25, 0.3) is 0 Å². The number of carbonyl (C=O) groups excluding carboxylic acids is 1. The zero-order chi connectivity index (χ0) is 18.6. The predicted octanol–water partition coefficient (Wildman–Crippen LogP) is 3.01. The van der Waals surface area contributed by atoms with E-state index in [2.05, 4.69) is 10.3 Å². The molecule has 7 heteroatoms. The van der Waals surface area contributed by atoms with E-state index < -0.39 is 15.7 Å². The van der Waals surface area contributed by atoms with E-state index >= 15 is 0 Å². The van der Waals surface area contributed by atoms with Crippen LogP contribution in [-0.2, 0) is 15.6 Å². The van der Waals surface area contributed by atoms with Crippen LogP contribution in [-0.4, -0.2) is 24.4 Å². The van der Waals surface area contributed by atoms with Crippen molar-refractivity contribution in [2.75, 3.05) is 5.32 Å². The number of nitrogens with one attached hydrogen (secondary N) is 1. The Morgan fingerprint density at radius 1 is 1.00 bits per heavy atom. The third-order valence-corrected chi connectivity index (χ3v) is 5.37. The number of nitrogens with zero attached hydrogens (tertiary/aromatic N) is 1.